The Balaban J connectivity index is 1.96. The number of allylic oxidation sites excluding steroid dienone is 1. The average Bonchev–Trinajstić information content (AvgIpc) is 2.42. The van der Waals surface area contributed by atoms with E-state index in [1.54, 1.807) is 12.1 Å². The molecule has 0 unspecified atom stereocenters. The van der Waals surface area contributed by atoms with Gasteiger partial charge in [0.2, 0.25) is 0 Å². The molecule has 0 amide bonds. The molecule has 3 aliphatic rings. The van der Waals surface area contributed by atoms with Crippen molar-refractivity contribution in [3.8, 4) is 5.75 Å². The molecule has 18 heavy (non-hydrogen) atoms. The molecule has 0 aliphatic carbocycles. The van der Waals surface area contributed by atoms with Crippen molar-refractivity contribution >= 4 is 11.8 Å². The van der Waals surface area contributed by atoms with E-state index in [1.807, 2.05) is 18.2 Å². The second-order valence-electron chi connectivity index (χ2n) is 4.87. The summed E-state index contributed by atoms with van der Waals surface area (Å²) in [5.41, 5.74) is 2.84. The lowest BCUT2D eigenvalue weighted by Crippen LogP contribution is -2.46. The fourth-order valence-corrected chi connectivity index (χ4v) is 2.79. The number of piperidine rings is 3. The number of fused-ring (bicyclic) bond motifs is 3. The van der Waals surface area contributed by atoms with Crippen LogP contribution in [0.3, 0.4) is 0 Å². The van der Waals surface area contributed by atoms with Crippen molar-refractivity contribution in [1.29, 1.82) is 0 Å². The van der Waals surface area contributed by atoms with Gasteiger partial charge in [-0.05, 0) is 36.6 Å². The SMILES string of the molecule is ON=C1/C(=C\c2ccc(O)cc2)N2CCC1CC2. The van der Waals surface area contributed by atoms with Crippen molar-refractivity contribution in [2.45, 2.75) is 12.8 Å². The number of phenols is 1. The molecule has 0 atom stereocenters. The molecule has 3 fully saturated rings. The van der Waals surface area contributed by atoms with Crippen LogP contribution in [0.4, 0.5) is 0 Å². The lowest BCUT2D eigenvalue weighted by molar-refractivity contribution is 0.229. The van der Waals surface area contributed by atoms with Crippen molar-refractivity contribution in [1.82, 2.24) is 4.90 Å². The lowest BCUT2D eigenvalue weighted by atomic mass is 9.83. The summed E-state index contributed by atoms with van der Waals surface area (Å²) < 4.78 is 0. The maximum absolute atomic E-state index is 9.27. The van der Waals surface area contributed by atoms with Gasteiger partial charge in [-0.2, -0.15) is 0 Å². The van der Waals surface area contributed by atoms with Crippen LogP contribution in [0.2, 0.25) is 0 Å². The minimum absolute atomic E-state index is 0.263. The minimum Gasteiger partial charge on any atom is -0.508 e. The number of benzene rings is 1. The fourth-order valence-electron chi connectivity index (χ4n) is 2.79. The van der Waals surface area contributed by atoms with Gasteiger partial charge in [0.1, 0.15) is 11.5 Å². The van der Waals surface area contributed by atoms with Gasteiger partial charge in [0, 0.05) is 19.0 Å². The predicted molar refractivity (Wildman–Crippen MR) is 69.6 cm³/mol. The number of hydrogen-bond acceptors (Lipinski definition) is 4. The zero-order chi connectivity index (χ0) is 12.5. The number of aromatic hydroxyl groups is 1. The van der Waals surface area contributed by atoms with Crippen LogP contribution in [0, 0.1) is 5.92 Å². The van der Waals surface area contributed by atoms with Gasteiger partial charge < -0.3 is 15.2 Å². The largest absolute Gasteiger partial charge is 0.508 e. The molecule has 0 saturated carbocycles. The summed E-state index contributed by atoms with van der Waals surface area (Å²) in [6.07, 6.45) is 4.18. The van der Waals surface area contributed by atoms with Crippen molar-refractivity contribution < 1.29 is 10.3 Å². The highest BCUT2D eigenvalue weighted by Gasteiger charge is 2.35. The molecular weight excluding hydrogens is 228 g/mol. The summed E-state index contributed by atoms with van der Waals surface area (Å²) in [6, 6.07) is 7.05. The molecule has 94 valence electrons. The van der Waals surface area contributed by atoms with Crippen LogP contribution in [0.15, 0.2) is 35.1 Å². The third kappa shape index (κ3) is 1.83. The van der Waals surface area contributed by atoms with Crippen LogP contribution < -0.4 is 0 Å². The first-order valence-electron chi connectivity index (χ1n) is 6.26. The number of hydrogen-bond donors (Lipinski definition) is 2. The zero-order valence-electron chi connectivity index (χ0n) is 10.1. The lowest BCUT2D eigenvalue weighted by Gasteiger charge is -2.42. The first kappa shape index (κ1) is 11.1. The third-order valence-corrected chi connectivity index (χ3v) is 3.79. The Hall–Kier alpha value is -1.97. The maximum atomic E-state index is 9.27. The molecule has 2 bridgehead atoms. The van der Waals surface area contributed by atoms with E-state index in [0.717, 1.165) is 42.9 Å². The molecule has 0 spiro atoms. The molecule has 4 nitrogen and oxygen atoms in total. The van der Waals surface area contributed by atoms with Gasteiger partial charge in [0.15, 0.2) is 0 Å². The van der Waals surface area contributed by atoms with E-state index >= 15 is 0 Å². The zero-order valence-corrected chi connectivity index (χ0v) is 10.1. The standard InChI is InChI=1S/C14H16N2O2/c17-12-3-1-10(2-4-12)9-13-14(15-18)11-5-7-16(13)8-6-11/h1-4,9,11,17-18H,5-8H2/b13-9+,15-14?. The number of oxime groups is 1. The van der Waals surface area contributed by atoms with Crippen LogP contribution >= 0.6 is 0 Å². The third-order valence-electron chi connectivity index (χ3n) is 3.79. The van der Waals surface area contributed by atoms with Crippen LogP contribution in [0.25, 0.3) is 6.08 Å². The molecular formula is C14H16N2O2. The van der Waals surface area contributed by atoms with E-state index in [4.69, 9.17) is 0 Å². The summed E-state index contributed by atoms with van der Waals surface area (Å²) in [5.74, 6) is 0.655. The van der Waals surface area contributed by atoms with Gasteiger partial charge >= 0.3 is 0 Å². The molecule has 3 heterocycles. The summed E-state index contributed by atoms with van der Waals surface area (Å²) in [5, 5.41) is 21.9. The molecule has 4 rings (SSSR count). The summed E-state index contributed by atoms with van der Waals surface area (Å²) >= 11 is 0. The van der Waals surface area contributed by atoms with Gasteiger partial charge in [-0.3, -0.25) is 0 Å². The highest BCUT2D eigenvalue weighted by molar-refractivity contribution is 6.05. The van der Waals surface area contributed by atoms with E-state index in [-0.39, 0.29) is 5.75 Å². The average molecular weight is 244 g/mol. The molecule has 1 aromatic rings. The Labute approximate surface area is 106 Å². The van der Waals surface area contributed by atoms with Crippen LogP contribution in [-0.2, 0) is 0 Å². The van der Waals surface area contributed by atoms with Crippen molar-refractivity contribution in [2.75, 3.05) is 13.1 Å². The molecule has 3 saturated heterocycles. The molecule has 0 aromatic heterocycles. The quantitative estimate of drug-likeness (QED) is 0.588. The summed E-state index contributed by atoms with van der Waals surface area (Å²) in [4.78, 5) is 2.27. The van der Waals surface area contributed by atoms with Gasteiger partial charge in [-0.25, -0.2) is 0 Å². The van der Waals surface area contributed by atoms with Crippen molar-refractivity contribution in [3.05, 3.63) is 35.5 Å². The van der Waals surface area contributed by atoms with Gasteiger partial charge in [0.05, 0.1) is 5.70 Å². The Kier molecular flexibility index (Phi) is 2.70. The van der Waals surface area contributed by atoms with Crippen LogP contribution in [-0.4, -0.2) is 34.0 Å². The van der Waals surface area contributed by atoms with Crippen LogP contribution in [0.1, 0.15) is 18.4 Å². The first-order valence-corrected chi connectivity index (χ1v) is 6.26. The topological polar surface area (TPSA) is 56.1 Å². The highest BCUT2D eigenvalue weighted by atomic mass is 16.4. The molecule has 3 aliphatic heterocycles. The number of rotatable bonds is 1. The second-order valence-corrected chi connectivity index (χ2v) is 4.87. The van der Waals surface area contributed by atoms with Gasteiger partial charge in [0.25, 0.3) is 0 Å². The van der Waals surface area contributed by atoms with E-state index in [0.29, 0.717) is 5.92 Å². The van der Waals surface area contributed by atoms with E-state index in [2.05, 4.69) is 10.1 Å². The first-order chi connectivity index (χ1) is 8.78. The second kappa shape index (κ2) is 4.37. The van der Waals surface area contributed by atoms with Crippen LogP contribution in [0.5, 0.6) is 5.75 Å². The fraction of sp³-hybridized carbons (Fsp3) is 0.357. The Morgan fingerprint density at radius 2 is 1.83 bits per heavy atom. The molecule has 0 radical (unpaired) electrons. The number of nitrogens with zero attached hydrogens (tertiary/aromatic N) is 2. The van der Waals surface area contributed by atoms with Crippen molar-refractivity contribution in [3.63, 3.8) is 0 Å². The Morgan fingerprint density at radius 3 is 2.44 bits per heavy atom. The molecule has 2 N–H and O–H groups in total. The van der Waals surface area contributed by atoms with E-state index < -0.39 is 0 Å². The number of phenolic OH excluding ortho intramolecular Hbond substituents is 1. The normalized spacial score (nSPS) is 24.1. The summed E-state index contributed by atoms with van der Waals surface area (Å²) in [7, 11) is 0. The predicted octanol–water partition coefficient (Wildman–Crippen LogP) is 2.29. The smallest absolute Gasteiger partial charge is 0.115 e. The minimum atomic E-state index is 0.263. The summed E-state index contributed by atoms with van der Waals surface area (Å²) in [6.45, 7) is 2.07. The van der Waals surface area contributed by atoms with E-state index in [9.17, 15) is 10.3 Å². The van der Waals surface area contributed by atoms with Gasteiger partial charge in [-0.15, -0.1) is 0 Å². The monoisotopic (exact) mass is 244 g/mol. The van der Waals surface area contributed by atoms with Gasteiger partial charge in [-0.1, -0.05) is 17.3 Å². The maximum Gasteiger partial charge on any atom is 0.115 e. The Morgan fingerprint density at radius 1 is 1.17 bits per heavy atom. The molecule has 4 heteroatoms. The molecule has 1 aromatic carbocycles. The van der Waals surface area contributed by atoms with E-state index in [1.165, 1.54) is 0 Å². The Bertz CT molecular complexity index is 497. The highest BCUT2D eigenvalue weighted by Crippen LogP contribution is 2.33. The van der Waals surface area contributed by atoms with Crippen molar-refractivity contribution in [2.24, 2.45) is 11.1 Å².